The van der Waals surface area contributed by atoms with E-state index in [0.29, 0.717) is 28.2 Å². The monoisotopic (exact) mass is 487 g/mol. The second kappa shape index (κ2) is 8.32. The Kier molecular flexibility index (Phi) is 5.43. The van der Waals surface area contributed by atoms with Crippen molar-refractivity contribution in [3.63, 3.8) is 0 Å². The average Bonchev–Trinajstić information content (AvgIpc) is 3.43. The van der Waals surface area contributed by atoms with E-state index in [9.17, 15) is 17.2 Å². The van der Waals surface area contributed by atoms with Crippen LogP contribution in [-0.4, -0.2) is 23.0 Å². The lowest BCUT2D eigenvalue weighted by Crippen LogP contribution is -2.15. The Morgan fingerprint density at radius 2 is 1.76 bits per heavy atom. The van der Waals surface area contributed by atoms with Gasteiger partial charge in [-0.2, -0.15) is 0 Å². The van der Waals surface area contributed by atoms with Crippen molar-refractivity contribution in [2.75, 3.05) is 10.5 Å². The summed E-state index contributed by atoms with van der Waals surface area (Å²) in [6.07, 6.45) is 7.49. The fourth-order valence-electron chi connectivity index (χ4n) is 4.45. The van der Waals surface area contributed by atoms with Crippen LogP contribution in [0, 0.1) is 17.5 Å². The molecule has 1 saturated carbocycles. The van der Waals surface area contributed by atoms with Crippen LogP contribution in [0.4, 0.5) is 24.7 Å². The average molecular weight is 488 g/mol. The number of rotatable bonds is 5. The molecule has 0 amide bonds. The van der Waals surface area contributed by atoms with Gasteiger partial charge in [0.1, 0.15) is 40.1 Å². The van der Waals surface area contributed by atoms with Crippen LogP contribution in [0.25, 0.3) is 22.2 Å². The molecule has 0 radical (unpaired) electrons. The van der Waals surface area contributed by atoms with Crippen LogP contribution in [0.3, 0.4) is 0 Å². The zero-order valence-electron chi connectivity index (χ0n) is 17.8. The predicted molar refractivity (Wildman–Crippen MR) is 122 cm³/mol. The molecule has 1 fully saturated rings. The van der Waals surface area contributed by atoms with E-state index in [0.717, 1.165) is 37.8 Å². The molecule has 0 aliphatic heterocycles. The van der Waals surface area contributed by atoms with E-state index in [-0.39, 0.29) is 17.5 Å². The Hall–Kier alpha value is -3.60. The third-order valence-corrected chi connectivity index (χ3v) is 7.46. The molecule has 7 nitrogen and oxygen atoms in total. The van der Waals surface area contributed by atoms with E-state index in [1.165, 1.54) is 24.5 Å². The van der Waals surface area contributed by atoms with Gasteiger partial charge in [0.05, 0.1) is 11.1 Å². The fraction of sp³-hybridized carbons (Fsp3) is 0.217. The van der Waals surface area contributed by atoms with Gasteiger partial charge < -0.3 is 10.3 Å². The van der Waals surface area contributed by atoms with Crippen molar-refractivity contribution < 1.29 is 21.6 Å². The van der Waals surface area contributed by atoms with Gasteiger partial charge in [-0.25, -0.2) is 31.6 Å². The lowest BCUT2D eigenvalue weighted by Gasteiger charge is -2.12. The normalized spacial score (nSPS) is 14.7. The topological polar surface area (TPSA) is 103 Å². The highest BCUT2D eigenvalue weighted by Crippen LogP contribution is 2.39. The van der Waals surface area contributed by atoms with Crippen molar-refractivity contribution in [3.8, 4) is 11.1 Å². The molecule has 0 bridgehead atoms. The van der Waals surface area contributed by atoms with Gasteiger partial charge in [-0.3, -0.25) is 4.72 Å². The molecular formula is C23H20F3N5O2S. The van der Waals surface area contributed by atoms with Gasteiger partial charge in [-0.15, -0.1) is 0 Å². The molecule has 3 N–H and O–H groups in total. The second-order valence-electron chi connectivity index (χ2n) is 8.22. The minimum absolute atomic E-state index is 0.257. The second-order valence-corrected chi connectivity index (χ2v) is 9.87. The first-order chi connectivity index (χ1) is 16.2. The number of sulfonamides is 1. The quantitative estimate of drug-likeness (QED) is 0.412. The number of aromatic nitrogens is 3. The van der Waals surface area contributed by atoms with Crippen LogP contribution in [0.2, 0.25) is 0 Å². The van der Waals surface area contributed by atoms with Gasteiger partial charge >= 0.3 is 0 Å². The zero-order chi connectivity index (χ0) is 24.0. The first-order valence-electron chi connectivity index (χ1n) is 10.6. The molecule has 1 aliphatic carbocycles. The van der Waals surface area contributed by atoms with Gasteiger partial charge in [0.25, 0.3) is 10.0 Å². The van der Waals surface area contributed by atoms with Gasteiger partial charge in [0.2, 0.25) is 0 Å². The van der Waals surface area contributed by atoms with Gasteiger partial charge in [-0.1, -0.05) is 18.9 Å². The van der Waals surface area contributed by atoms with Crippen LogP contribution >= 0.6 is 0 Å². The van der Waals surface area contributed by atoms with E-state index < -0.39 is 32.4 Å². The Balaban J connectivity index is 1.53. The summed E-state index contributed by atoms with van der Waals surface area (Å²) in [6, 6.07) is 6.22. The molecule has 2 aromatic heterocycles. The Morgan fingerprint density at radius 1 is 1.00 bits per heavy atom. The first-order valence-corrected chi connectivity index (χ1v) is 12.1. The van der Waals surface area contributed by atoms with Crippen molar-refractivity contribution >= 4 is 32.6 Å². The number of fused-ring (bicyclic) bond motifs is 1. The highest BCUT2D eigenvalue weighted by atomic mass is 32.2. The summed E-state index contributed by atoms with van der Waals surface area (Å²) < 4.78 is 71.2. The fourth-order valence-corrected chi connectivity index (χ4v) is 5.57. The largest absolute Gasteiger partial charge is 0.383 e. The van der Waals surface area contributed by atoms with Crippen LogP contribution in [-0.2, 0) is 10.0 Å². The molecule has 0 spiro atoms. The third kappa shape index (κ3) is 3.85. The summed E-state index contributed by atoms with van der Waals surface area (Å²) in [5.41, 5.74) is 7.49. The maximum Gasteiger partial charge on any atom is 0.264 e. The van der Waals surface area contributed by atoms with Crippen molar-refractivity contribution in [2.24, 2.45) is 0 Å². The van der Waals surface area contributed by atoms with Crippen LogP contribution in [0.1, 0.15) is 31.7 Å². The first kappa shape index (κ1) is 22.2. The lowest BCUT2D eigenvalue weighted by atomic mass is 10.1. The van der Waals surface area contributed by atoms with E-state index in [2.05, 4.69) is 9.97 Å². The molecule has 11 heteroatoms. The Morgan fingerprint density at radius 3 is 2.47 bits per heavy atom. The summed E-state index contributed by atoms with van der Waals surface area (Å²) in [5.74, 6) is -2.82. The molecule has 2 heterocycles. The predicted octanol–water partition coefficient (Wildman–Crippen LogP) is 5.01. The number of hydrogen-bond acceptors (Lipinski definition) is 5. The van der Waals surface area contributed by atoms with Crippen LogP contribution in [0.5, 0.6) is 0 Å². The molecule has 4 aromatic rings. The zero-order valence-corrected chi connectivity index (χ0v) is 18.6. The van der Waals surface area contributed by atoms with Crippen molar-refractivity contribution in [1.82, 2.24) is 14.5 Å². The SMILES string of the molecule is Nc1ncnc2c1c(-c1ccc(NS(=O)(=O)c3ccc(F)cc3F)c(F)c1)cn2C1CCCC1. The van der Waals surface area contributed by atoms with E-state index in [1.807, 2.05) is 15.5 Å². The molecule has 0 unspecified atom stereocenters. The number of halogens is 3. The Labute approximate surface area is 193 Å². The number of anilines is 2. The maximum absolute atomic E-state index is 15.0. The van der Waals surface area contributed by atoms with E-state index >= 15 is 4.39 Å². The van der Waals surface area contributed by atoms with Crippen LogP contribution < -0.4 is 10.5 Å². The number of nitrogens with one attached hydrogen (secondary N) is 1. The van der Waals surface area contributed by atoms with Gasteiger partial charge in [0.15, 0.2) is 0 Å². The highest BCUT2D eigenvalue weighted by molar-refractivity contribution is 7.92. The van der Waals surface area contributed by atoms with Crippen molar-refractivity contribution in [1.29, 1.82) is 0 Å². The summed E-state index contributed by atoms with van der Waals surface area (Å²) in [7, 11) is -4.48. The summed E-state index contributed by atoms with van der Waals surface area (Å²) in [5, 5.41) is 0.593. The molecule has 176 valence electrons. The summed E-state index contributed by atoms with van der Waals surface area (Å²) >= 11 is 0. The van der Waals surface area contributed by atoms with Gasteiger partial charge in [-0.05, 0) is 42.7 Å². The summed E-state index contributed by atoms with van der Waals surface area (Å²) in [6.45, 7) is 0. The Bertz CT molecular complexity index is 1510. The highest BCUT2D eigenvalue weighted by Gasteiger charge is 2.24. The molecule has 0 atom stereocenters. The standard InChI is InChI=1S/C23H20F3N5O2S/c24-14-6-8-20(18(26)10-14)34(32,33)30-19-7-5-13(9-17(19)25)16-11-31(15-3-1-2-4-15)23-21(16)22(27)28-12-29-23/h5-12,15,30H,1-4H2,(H2,27,28,29). The minimum Gasteiger partial charge on any atom is -0.383 e. The molecule has 0 saturated heterocycles. The van der Waals surface area contributed by atoms with E-state index in [4.69, 9.17) is 5.73 Å². The molecule has 2 aromatic carbocycles. The maximum atomic E-state index is 15.0. The summed E-state index contributed by atoms with van der Waals surface area (Å²) in [4.78, 5) is 7.68. The van der Waals surface area contributed by atoms with Crippen molar-refractivity contribution in [3.05, 3.63) is 66.4 Å². The third-order valence-electron chi connectivity index (χ3n) is 6.06. The molecular weight excluding hydrogens is 467 g/mol. The minimum atomic E-state index is -4.48. The molecule has 5 rings (SSSR count). The number of nitrogens with zero attached hydrogens (tertiary/aromatic N) is 3. The smallest absolute Gasteiger partial charge is 0.264 e. The number of hydrogen-bond donors (Lipinski definition) is 2. The van der Waals surface area contributed by atoms with Crippen molar-refractivity contribution in [2.45, 2.75) is 36.6 Å². The number of nitrogens with two attached hydrogens (primary N) is 1. The number of nitrogen functional groups attached to an aromatic ring is 1. The lowest BCUT2D eigenvalue weighted by molar-refractivity contribution is 0.532. The van der Waals surface area contributed by atoms with Gasteiger partial charge in [0, 0.05) is 23.9 Å². The van der Waals surface area contributed by atoms with E-state index in [1.54, 1.807) is 0 Å². The number of benzene rings is 2. The molecule has 34 heavy (non-hydrogen) atoms. The van der Waals surface area contributed by atoms with Crippen LogP contribution in [0.15, 0.2) is 53.8 Å². The molecule has 1 aliphatic rings.